The summed E-state index contributed by atoms with van der Waals surface area (Å²) in [6.07, 6.45) is 0.833. The maximum Gasteiger partial charge on any atom is 0.147 e. The lowest BCUT2D eigenvalue weighted by atomic mass is 10.0. The van der Waals surface area contributed by atoms with Crippen molar-refractivity contribution in [2.75, 3.05) is 7.11 Å². The summed E-state index contributed by atoms with van der Waals surface area (Å²) in [4.78, 5) is 11.1. The SMILES string of the molecule is COc1ccc(/C(C#Cc2ccccc2)=C(\C)C=O)cc1. The van der Waals surface area contributed by atoms with E-state index in [1.807, 2.05) is 54.6 Å². The monoisotopic (exact) mass is 276 g/mol. The van der Waals surface area contributed by atoms with Gasteiger partial charge in [0.05, 0.1) is 7.11 Å². The van der Waals surface area contributed by atoms with Crippen LogP contribution in [0.4, 0.5) is 0 Å². The van der Waals surface area contributed by atoms with Gasteiger partial charge in [-0.05, 0) is 36.8 Å². The van der Waals surface area contributed by atoms with Crippen molar-refractivity contribution in [3.63, 3.8) is 0 Å². The first-order valence-electron chi connectivity index (χ1n) is 6.62. The minimum absolute atomic E-state index is 0.614. The van der Waals surface area contributed by atoms with Crippen molar-refractivity contribution in [3.8, 4) is 17.6 Å². The maximum absolute atomic E-state index is 11.1. The second kappa shape index (κ2) is 7.12. The van der Waals surface area contributed by atoms with Gasteiger partial charge in [0.15, 0.2) is 0 Å². The van der Waals surface area contributed by atoms with E-state index < -0.39 is 0 Å². The molecule has 2 aromatic rings. The lowest BCUT2D eigenvalue weighted by Crippen LogP contribution is -1.90. The Morgan fingerprint density at radius 2 is 1.71 bits per heavy atom. The molecule has 0 saturated heterocycles. The van der Waals surface area contributed by atoms with E-state index in [-0.39, 0.29) is 0 Å². The van der Waals surface area contributed by atoms with Crippen LogP contribution in [-0.4, -0.2) is 13.4 Å². The second-order valence-electron chi connectivity index (χ2n) is 4.52. The quantitative estimate of drug-likeness (QED) is 0.485. The molecule has 0 bridgehead atoms. The van der Waals surface area contributed by atoms with Crippen molar-refractivity contribution in [3.05, 3.63) is 71.3 Å². The minimum atomic E-state index is 0.614. The van der Waals surface area contributed by atoms with Gasteiger partial charge >= 0.3 is 0 Å². The summed E-state index contributed by atoms with van der Waals surface area (Å²) in [5.74, 6) is 6.96. The Kier molecular flexibility index (Phi) is 4.95. The Morgan fingerprint density at radius 1 is 1.05 bits per heavy atom. The number of aldehydes is 1. The van der Waals surface area contributed by atoms with Crippen molar-refractivity contribution >= 4 is 11.9 Å². The number of benzene rings is 2. The smallest absolute Gasteiger partial charge is 0.147 e. The fourth-order valence-corrected chi connectivity index (χ4v) is 1.87. The van der Waals surface area contributed by atoms with Crippen LogP contribution in [0.15, 0.2) is 60.2 Å². The zero-order valence-electron chi connectivity index (χ0n) is 12.1. The van der Waals surface area contributed by atoms with Crippen LogP contribution >= 0.6 is 0 Å². The average Bonchev–Trinajstić information content (AvgIpc) is 2.56. The van der Waals surface area contributed by atoms with Gasteiger partial charge in [-0.15, -0.1) is 0 Å². The number of allylic oxidation sites excluding steroid dienone is 2. The summed E-state index contributed by atoms with van der Waals surface area (Å²) in [7, 11) is 1.62. The molecule has 0 spiro atoms. The minimum Gasteiger partial charge on any atom is -0.497 e. The van der Waals surface area contributed by atoms with Crippen molar-refractivity contribution in [2.24, 2.45) is 0 Å². The molecule has 0 saturated carbocycles. The van der Waals surface area contributed by atoms with Crippen molar-refractivity contribution < 1.29 is 9.53 Å². The highest BCUT2D eigenvalue weighted by atomic mass is 16.5. The van der Waals surface area contributed by atoms with E-state index in [0.717, 1.165) is 28.7 Å². The van der Waals surface area contributed by atoms with Crippen LogP contribution in [0.3, 0.4) is 0 Å². The molecular formula is C19H16O2. The molecule has 0 N–H and O–H groups in total. The van der Waals surface area contributed by atoms with Crippen LogP contribution in [-0.2, 0) is 4.79 Å². The zero-order chi connectivity index (χ0) is 15.1. The summed E-state index contributed by atoms with van der Waals surface area (Å²) in [5.41, 5.74) is 3.17. The van der Waals surface area contributed by atoms with E-state index in [1.165, 1.54) is 0 Å². The van der Waals surface area contributed by atoms with Crippen LogP contribution < -0.4 is 4.74 Å². The van der Waals surface area contributed by atoms with Gasteiger partial charge < -0.3 is 4.74 Å². The van der Waals surface area contributed by atoms with Crippen molar-refractivity contribution in [1.82, 2.24) is 0 Å². The fourth-order valence-electron chi connectivity index (χ4n) is 1.87. The first-order chi connectivity index (χ1) is 10.2. The molecule has 21 heavy (non-hydrogen) atoms. The number of ether oxygens (including phenoxy) is 1. The topological polar surface area (TPSA) is 26.3 Å². The number of carbonyl (C=O) groups excluding carboxylic acids is 1. The molecule has 0 aliphatic rings. The molecule has 0 aromatic heterocycles. The molecule has 0 atom stereocenters. The van der Waals surface area contributed by atoms with Gasteiger partial charge in [-0.1, -0.05) is 42.2 Å². The van der Waals surface area contributed by atoms with Gasteiger partial charge in [0.2, 0.25) is 0 Å². The van der Waals surface area contributed by atoms with Gasteiger partial charge in [0.25, 0.3) is 0 Å². The van der Waals surface area contributed by atoms with E-state index in [1.54, 1.807) is 14.0 Å². The Morgan fingerprint density at radius 3 is 2.29 bits per heavy atom. The standard InChI is InChI=1S/C19H16O2/c1-15(14-20)19(13-8-16-6-4-3-5-7-16)17-9-11-18(21-2)12-10-17/h3-7,9-12,14H,1-2H3/b19-15+. The Balaban J connectivity index is 2.41. The van der Waals surface area contributed by atoms with E-state index in [4.69, 9.17) is 4.74 Å². The van der Waals surface area contributed by atoms with Gasteiger partial charge in [-0.2, -0.15) is 0 Å². The number of hydrogen-bond donors (Lipinski definition) is 0. The van der Waals surface area contributed by atoms with E-state index >= 15 is 0 Å². The molecule has 104 valence electrons. The summed E-state index contributed by atoms with van der Waals surface area (Å²) >= 11 is 0. The molecule has 0 radical (unpaired) electrons. The summed E-state index contributed by atoms with van der Waals surface area (Å²) in [6, 6.07) is 17.2. The predicted molar refractivity (Wildman–Crippen MR) is 85.0 cm³/mol. The summed E-state index contributed by atoms with van der Waals surface area (Å²) in [5, 5.41) is 0. The first kappa shape index (κ1) is 14.6. The fraction of sp³-hybridized carbons (Fsp3) is 0.105. The van der Waals surface area contributed by atoms with Crippen LogP contribution in [0, 0.1) is 11.8 Å². The lowest BCUT2D eigenvalue weighted by Gasteiger charge is -2.04. The Labute approximate surface area is 125 Å². The van der Waals surface area contributed by atoms with Crippen LogP contribution in [0.5, 0.6) is 5.75 Å². The van der Waals surface area contributed by atoms with Gasteiger partial charge in [-0.3, -0.25) is 4.79 Å². The maximum atomic E-state index is 11.1. The molecular weight excluding hydrogens is 260 g/mol. The number of hydrogen-bond acceptors (Lipinski definition) is 2. The van der Waals surface area contributed by atoms with Crippen LogP contribution in [0.1, 0.15) is 18.1 Å². The Bertz CT molecular complexity index is 699. The van der Waals surface area contributed by atoms with Gasteiger partial charge in [0.1, 0.15) is 12.0 Å². The molecule has 2 nitrogen and oxygen atoms in total. The molecule has 0 unspecified atom stereocenters. The van der Waals surface area contributed by atoms with E-state index in [9.17, 15) is 4.79 Å². The molecule has 0 fully saturated rings. The Hall–Kier alpha value is -2.79. The summed E-state index contributed by atoms with van der Waals surface area (Å²) in [6.45, 7) is 1.77. The van der Waals surface area contributed by atoms with E-state index in [0.29, 0.717) is 5.57 Å². The van der Waals surface area contributed by atoms with Crippen LogP contribution in [0.25, 0.3) is 5.57 Å². The molecule has 0 aliphatic carbocycles. The van der Waals surface area contributed by atoms with Crippen molar-refractivity contribution in [1.29, 1.82) is 0 Å². The molecule has 0 aliphatic heterocycles. The number of carbonyl (C=O) groups is 1. The highest BCUT2D eigenvalue weighted by Gasteiger charge is 2.03. The van der Waals surface area contributed by atoms with Crippen LogP contribution in [0.2, 0.25) is 0 Å². The highest BCUT2D eigenvalue weighted by molar-refractivity contribution is 5.94. The molecule has 2 heteroatoms. The third-order valence-corrected chi connectivity index (χ3v) is 3.06. The van der Waals surface area contributed by atoms with E-state index in [2.05, 4.69) is 11.8 Å². The lowest BCUT2D eigenvalue weighted by molar-refractivity contribution is -0.104. The highest BCUT2D eigenvalue weighted by Crippen LogP contribution is 2.20. The normalized spacial score (nSPS) is 11.0. The average molecular weight is 276 g/mol. The number of methoxy groups -OCH3 is 1. The first-order valence-corrected chi connectivity index (χ1v) is 6.62. The van der Waals surface area contributed by atoms with Crippen molar-refractivity contribution in [2.45, 2.75) is 6.92 Å². The molecule has 0 amide bonds. The third-order valence-electron chi connectivity index (χ3n) is 3.06. The van der Waals surface area contributed by atoms with Gasteiger partial charge in [0, 0.05) is 16.7 Å². The molecule has 2 rings (SSSR count). The molecule has 2 aromatic carbocycles. The largest absolute Gasteiger partial charge is 0.497 e. The summed E-state index contributed by atoms with van der Waals surface area (Å²) < 4.78 is 5.14. The predicted octanol–water partition coefficient (Wildman–Crippen LogP) is 3.72. The second-order valence-corrected chi connectivity index (χ2v) is 4.52. The van der Waals surface area contributed by atoms with Gasteiger partial charge in [-0.25, -0.2) is 0 Å². The molecule has 0 heterocycles. The third kappa shape index (κ3) is 3.84. The zero-order valence-corrected chi connectivity index (χ0v) is 12.1. The number of rotatable bonds is 3.